The van der Waals surface area contributed by atoms with Crippen molar-refractivity contribution in [2.45, 2.75) is 64.2 Å². The largest absolute Gasteiger partial charge is 0.461 e. The number of hydrogen-bond acceptors (Lipinski definition) is 6. The highest BCUT2D eigenvalue weighted by Crippen LogP contribution is 2.25. The first-order valence-electron chi connectivity index (χ1n) is 11.9. The molecule has 0 unspecified atom stereocenters. The third kappa shape index (κ3) is 9.01. The molecule has 0 aromatic carbocycles. The molecule has 0 N–H and O–H groups in total. The van der Waals surface area contributed by atoms with Crippen molar-refractivity contribution in [2.24, 2.45) is 11.8 Å². The van der Waals surface area contributed by atoms with Crippen molar-refractivity contribution in [2.75, 3.05) is 40.4 Å². The Morgan fingerprint density at radius 3 is 1.34 bits per heavy atom. The molecule has 2 aliphatic rings. The second kappa shape index (κ2) is 13.9. The van der Waals surface area contributed by atoms with Crippen LogP contribution in [0.3, 0.4) is 0 Å². The minimum Gasteiger partial charge on any atom is -0.461 e. The lowest BCUT2D eigenvalue weighted by molar-refractivity contribution is -0.143. The van der Waals surface area contributed by atoms with Crippen LogP contribution in [0.2, 0.25) is 0 Å². The van der Waals surface area contributed by atoms with Crippen molar-refractivity contribution >= 4 is 23.8 Å². The molecule has 0 heterocycles. The number of hydrogen-bond donors (Lipinski definition) is 0. The van der Waals surface area contributed by atoms with Gasteiger partial charge < -0.3 is 19.3 Å². The van der Waals surface area contributed by atoms with E-state index in [2.05, 4.69) is 0 Å². The maximum Gasteiger partial charge on any atom is 0.331 e. The molecule has 0 aliphatic heterocycles. The number of nitrogens with zero attached hydrogens (tertiary/aromatic N) is 2. The van der Waals surface area contributed by atoms with E-state index >= 15 is 0 Å². The Bertz CT molecular complexity index is 609. The zero-order valence-electron chi connectivity index (χ0n) is 19.6. The number of carbonyl (C=O) groups excluding carboxylic acids is 4. The molecule has 8 nitrogen and oxygen atoms in total. The number of rotatable bonds is 10. The topological polar surface area (TPSA) is 93.2 Å². The van der Waals surface area contributed by atoms with Crippen LogP contribution in [-0.2, 0) is 28.7 Å². The van der Waals surface area contributed by atoms with Crippen LogP contribution in [0.15, 0.2) is 12.2 Å². The summed E-state index contributed by atoms with van der Waals surface area (Å²) in [4.78, 5) is 51.5. The van der Waals surface area contributed by atoms with Crippen molar-refractivity contribution < 1.29 is 28.7 Å². The Labute approximate surface area is 191 Å². The molecule has 0 radical (unpaired) electrons. The fraction of sp³-hybridized carbons (Fsp3) is 0.750. The van der Waals surface area contributed by atoms with Crippen LogP contribution in [0, 0.1) is 11.8 Å². The summed E-state index contributed by atoms with van der Waals surface area (Å²) in [5, 5.41) is 0. The van der Waals surface area contributed by atoms with Gasteiger partial charge in [-0.15, -0.1) is 0 Å². The van der Waals surface area contributed by atoms with Crippen molar-refractivity contribution in [1.29, 1.82) is 0 Å². The van der Waals surface area contributed by atoms with Gasteiger partial charge in [0, 0.05) is 38.1 Å². The minimum absolute atomic E-state index is 0.0707. The van der Waals surface area contributed by atoms with Crippen LogP contribution in [0.25, 0.3) is 0 Å². The van der Waals surface area contributed by atoms with Crippen molar-refractivity contribution in [3.8, 4) is 0 Å². The van der Waals surface area contributed by atoms with E-state index in [-0.39, 0.29) is 36.9 Å². The van der Waals surface area contributed by atoms with Gasteiger partial charge in [0.05, 0.1) is 13.1 Å². The Hall–Kier alpha value is -2.38. The molecule has 2 saturated carbocycles. The van der Waals surface area contributed by atoms with E-state index in [0.29, 0.717) is 13.1 Å². The molecule has 180 valence electrons. The zero-order valence-corrected chi connectivity index (χ0v) is 19.6. The number of amides is 2. The first-order valence-corrected chi connectivity index (χ1v) is 11.9. The van der Waals surface area contributed by atoms with Crippen LogP contribution in [-0.4, -0.2) is 74.0 Å². The van der Waals surface area contributed by atoms with Crippen molar-refractivity contribution in [3.63, 3.8) is 0 Å². The standard InChI is InChI=1S/C24H38N2O6/c1-25(23(29)19-9-5-3-6-10-19)15-17-31-21(27)13-14-22(28)32-18-16-26(2)24(30)20-11-7-4-8-12-20/h13-14,19-20H,3-12,15-18H2,1-2H3/b14-13+. The second-order valence-electron chi connectivity index (χ2n) is 8.86. The van der Waals surface area contributed by atoms with E-state index in [1.807, 2.05) is 0 Å². The molecule has 0 atom stereocenters. The Morgan fingerprint density at radius 1 is 0.656 bits per heavy atom. The highest BCUT2D eigenvalue weighted by Gasteiger charge is 2.25. The molecule has 8 heteroatoms. The summed E-state index contributed by atoms with van der Waals surface area (Å²) < 4.78 is 10.1. The molecule has 2 aliphatic carbocycles. The number of esters is 2. The first-order chi connectivity index (χ1) is 15.4. The molecule has 0 spiro atoms. The summed E-state index contributed by atoms with van der Waals surface area (Å²) in [7, 11) is 3.43. The summed E-state index contributed by atoms with van der Waals surface area (Å²) in [6.07, 6.45) is 12.5. The van der Waals surface area contributed by atoms with Crippen LogP contribution in [0.1, 0.15) is 64.2 Å². The van der Waals surface area contributed by atoms with Gasteiger partial charge in [-0.25, -0.2) is 9.59 Å². The van der Waals surface area contributed by atoms with Crippen LogP contribution >= 0.6 is 0 Å². The van der Waals surface area contributed by atoms with Crippen molar-refractivity contribution in [1.82, 2.24) is 9.80 Å². The first kappa shape index (κ1) is 25.9. The SMILES string of the molecule is CN(CCOC(=O)/C=C/C(=O)OCCN(C)C(=O)C1CCCCC1)C(=O)C1CCCCC1. The van der Waals surface area contributed by atoms with Crippen LogP contribution in [0.4, 0.5) is 0 Å². The summed E-state index contributed by atoms with van der Waals surface area (Å²) in [6.45, 7) is 0.782. The maximum absolute atomic E-state index is 12.4. The van der Waals surface area contributed by atoms with Gasteiger partial charge in [0.2, 0.25) is 11.8 Å². The lowest BCUT2D eigenvalue weighted by Crippen LogP contribution is -2.36. The van der Waals surface area contributed by atoms with E-state index in [1.165, 1.54) is 12.8 Å². The Morgan fingerprint density at radius 2 is 1.00 bits per heavy atom. The van der Waals surface area contributed by atoms with Gasteiger partial charge in [0.25, 0.3) is 0 Å². The predicted octanol–water partition coefficient (Wildman–Crippen LogP) is 2.71. The average molecular weight is 451 g/mol. The Kier molecular flexibility index (Phi) is 11.2. The molecule has 2 rings (SSSR count). The van der Waals surface area contributed by atoms with Crippen LogP contribution in [0.5, 0.6) is 0 Å². The molecular weight excluding hydrogens is 412 g/mol. The van der Waals surface area contributed by atoms with Gasteiger partial charge in [-0.2, -0.15) is 0 Å². The number of carbonyl (C=O) groups is 4. The summed E-state index contributed by atoms with van der Waals surface area (Å²) in [6, 6.07) is 0. The third-order valence-electron chi connectivity index (χ3n) is 6.36. The molecule has 0 saturated heterocycles. The summed E-state index contributed by atoms with van der Waals surface area (Å²) in [5.74, 6) is -0.957. The molecule has 32 heavy (non-hydrogen) atoms. The van der Waals surface area contributed by atoms with Gasteiger partial charge in [0.1, 0.15) is 13.2 Å². The Balaban J connectivity index is 1.57. The molecular formula is C24H38N2O6. The monoisotopic (exact) mass is 450 g/mol. The van der Waals surface area contributed by atoms with Gasteiger partial charge in [-0.1, -0.05) is 38.5 Å². The zero-order chi connectivity index (χ0) is 23.3. The fourth-order valence-corrected chi connectivity index (χ4v) is 4.34. The van der Waals surface area contributed by atoms with Crippen LogP contribution < -0.4 is 0 Å². The molecule has 0 bridgehead atoms. The van der Waals surface area contributed by atoms with Gasteiger partial charge in [-0.3, -0.25) is 9.59 Å². The highest BCUT2D eigenvalue weighted by molar-refractivity contribution is 5.91. The quantitative estimate of drug-likeness (QED) is 0.375. The molecule has 0 aromatic rings. The number of likely N-dealkylation sites (N-methyl/N-ethyl adjacent to an activating group) is 2. The summed E-state index contributed by atoms with van der Waals surface area (Å²) in [5.41, 5.74) is 0. The van der Waals surface area contributed by atoms with E-state index in [0.717, 1.165) is 63.5 Å². The maximum atomic E-state index is 12.4. The third-order valence-corrected chi connectivity index (χ3v) is 6.36. The van der Waals surface area contributed by atoms with E-state index in [4.69, 9.17) is 9.47 Å². The van der Waals surface area contributed by atoms with Gasteiger partial charge in [-0.05, 0) is 25.7 Å². The van der Waals surface area contributed by atoms with E-state index in [9.17, 15) is 19.2 Å². The molecule has 2 amide bonds. The van der Waals surface area contributed by atoms with E-state index < -0.39 is 11.9 Å². The molecule has 2 fully saturated rings. The van der Waals surface area contributed by atoms with Gasteiger partial charge in [0.15, 0.2) is 0 Å². The van der Waals surface area contributed by atoms with Crippen molar-refractivity contribution in [3.05, 3.63) is 12.2 Å². The fourth-order valence-electron chi connectivity index (χ4n) is 4.34. The second-order valence-corrected chi connectivity index (χ2v) is 8.86. The lowest BCUT2D eigenvalue weighted by Gasteiger charge is -2.26. The highest BCUT2D eigenvalue weighted by atomic mass is 16.5. The normalized spacial score (nSPS) is 17.7. The predicted molar refractivity (Wildman–Crippen MR) is 119 cm³/mol. The lowest BCUT2D eigenvalue weighted by atomic mass is 9.88. The number of ether oxygens (including phenoxy) is 2. The smallest absolute Gasteiger partial charge is 0.331 e. The van der Waals surface area contributed by atoms with Gasteiger partial charge >= 0.3 is 11.9 Å². The van der Waals surface area contributed by atoms with E-state index in [1.54, 1.807) is 23.9 Å². The summed E-state index contributed by atoms with van der Waals surface area (Å²) >= 11 is 0. The minimum atomic E-state index is -0.662. The molecule has 0 aromatic heterocycles. The average Bonchev–Trinajstić information content (AvgIpc) is 2.82.